The van der Waals surface area contributed by atoms with Crippen LogP contribution < -0.4 is 0 Å². The van der Waals surface area contributed by atoms with Crippen LogP contribution in [-0.2, 0) is 4.75 Å². The maximum atomic E-state index is 5.96. The lowest BCUT2D eigenvalue weighted by molar-refractivity contribution is 0.521. The topological polar surface area (TPSA) is 0 Å². The summed E-state index contributed by atoms with van der Waals surface area (Å²) < 4.78 is -0.286. The fourth-order valence-electron chi connectivity index (χ4n) is 2.23. The van der Waals surface area contributed by atoms with Gasteiger partial charge in [0.25, 0.3) is 0 Å². The highest BCUT2D eigenvalue weighted by Gasteiger charge is 2.33. The van der Waals surface area contributed by atoms with Gasteiger partial charge in [0.1, 0.15) is 0 Å². The highest BCUT2D eigenvalue weighted by Crippen LogP contribution is 2.42. The Labute approximate surface area is 119 Å². The van der Waals surface area contributed by atoms with E-state index in [0.717, 1.165) is 5.02 Å². The Kier molecular flexibility index (Phi) is 4.04. The molecule has 0 bridgehead atoms. The Morgan fingerprint density at radius 1 is 0.889 bits per heavy atom. The Morgan fingerprint density at radius 2 is 1.39 bits per heavy atom. The fourth-order valence-corrected chi connectivity index (χ4v) is 2.65. The second kappa shape index (κ2) is 5.38. The molecule has 0 aliphatic carbocycles. The van der Waals surface area contributed by atoms with Crippen molar-refractivity contribution in [2.45, 2.75) is 18.6 Å². The van der Waals surface area contributed by atoms with Gasteiger partial charge in [0, 0.05) is 5.02 Å². The molecule has 2 aromatic carbocycles. The molecule has 0 aromatic heterocycles. The summed E-state index contributed by atoms with van der Waals surface area (Å²) in [4.78, 5) is 0. The lowest BCUT2D eigenvalue weighted by atomic mass is 9.81. The largest absolute Gasteiger partial charge is 0.163 e. The van der Waals surface area contributed by atoms with E-state index in [9.17, 15) is 0 Å². The Morgan fingerprint density at radius 3 is 1.89 bits per heavy atom. The third-order valence-electron chi connectivity index (χ3n) is 3.33. The van der Waals surface area contributed by atoms with Gasteiger partial charge in [0.15, 0.2) is 0 Å². The van der Waals surface area contributed by atoms with E-state index in [-0.39, 0.29) is 4.75 Å². The van der Waals surface area contributed by atoms with Crippen molar-refractivity contribution in [2.75, 3.05) is 0 Å². The molecule has 2 heteroatoms. The number of rotatable bonds is 3. The first-order chi connectivity index (χ1) is 8.55. The van der Waals surface area contributed by atoms with Crippen LogP contribution in [0.25, 0.3) is 0 Å². The van der Waals surface area contributed by atoms with E-state index in [0.29, 0.717) is 5.92 Å². The Hall–Kier alpha value is -0.920. The van der Waals surface area contributed by atoms with Gasteiger partial charge in [-0.15, -0.1) is 0 Å². The maximum absolute atomic E-state index is 5.96. The zero-order valence-electron chi connectivity index (χ0n) is 10.6. The number of hydrogen-bond acceptors (Lipinski definition) is 1. The van der Waals surface area contributed by atoms with Crippen molar-refractivity contribution in [3.63, 3.8) is 0 Å². The first kappa shape index (κ1) is 13.5. The van der Waals surface area contributed by atoms with Gasteiger partial charge in [-0.3, -0.25) is 0 Å². The van der Waals surface area contributed by atoms with Gasteiger partial charge in [-0.25, -0.2) is 0 Å². The van der Waals surface area contributed by atoms with Gasteiger partial charge in [0.05, 0.1) is 4.75 Å². The van der Waals surface area contributed by atoms with Crippen molar-refractivity contribution in [1.82, 2.24) is 0 Å². The number of hydrogen-bond donors (Lipinski definition) is 1. The molecule has 0 radical (unpaired) electrons. The SMILES string of the molecule is CC(C)C(S)(c1ccccc1)c1ccc(Cl)cc1. The summed E-state index contributed by atoms with van der Waals surface area (Å²) in [6, 6.07) is 18.4. The molecule has 0 aliphatic heterocycles. The van der Waals surface area contributed by atoms with Crippen LogP contribution in [0.15, 0.2) is 54.6 Å². The van der Waals surface area contributed by atoms with E-state index in [1.807, 2.05) is 18.2 Å². The molecule has 0 nitrogen and oxygen atoms in total. The standard InChI is InChI=1S/C16H17ClS/c1-12(2)16(18,13-6-4-3-5-7-13)14-8-10-15(17)11-9-14/h3-12,18H,1-2H3. The zero-order valence-corrected chi connectivity index (χ0v) is 12.2. The summed E-state index contributed by atoms with van der Waals surface area (Å²) in [7, 11) is 0. The highest BCUT2D eigenvalue weighted by molar-refractivity contribution is 7.81. The van der Waals surface area contributed by atoms with Crippen LogP contribution in [0.2, 0.25) is 5.02 Å². The summed E-state index contributed by atoms with van der Waals surface area (Å²) in [5, 5.41) is 0.756. The number of halogens is 1. The second-order valence-electron chi connectivity index (χ2n) is 4.79. The summed E-state index contributed by atoms with van der Waals surface area (Å²) >= 11 is 10.9. The lowest BCUT2D eigenvalue weighted by Crippen LogP contribution is -2.27. The molecule has 2 aromatic rings. The monoisotopic (exact) mass is 276 g/mol. The van der Waals surface area contributed by atoms with E-state index < -0.39 is 0 Å². The van der Waals surface area contributed by atoms with Gasteiger partial charge in [-0.1, -0.05) is 67.9 Å². The molecule has 0 amide bonds. The predicted octanol–water partition coefficient (Wildman–Crippen LogP) is 5.17. The number of thiol groups is 1. The van der Waals surface area contributed by atoms with E-state index in [2.05, 4.69) is 50.2 Å². The van der Waals surface area contributed by atoms with Crippen molar-refractivity contribution in [3.8, 4) is 0 Å². The van der Waals surface area contributed by atoms with Crippen molar-refractivity contribution in [2.24, 2.45) is 5.92 Å². The van der Waals surface area contributed by atoms with Crippen LogP contribution in [0.1, 0.15) is 25.0 Å². The third-order valence-corrected chi connectivity index (χ3v) is 4.62. The van der Waals surface area contributed by atoms with Gasteiger partial charge < -0.3 is 0 Å². The summed E-state index contributed by atoms with van der Waals surface area (Å²) in [6.07, 6.45) is 0. The fraction of sp³-hybridized carbons (Fsp3) is 0.250. The maximum Gasteiger partial charge on any atom is 0.0649 e. The van der Waals surface area contributed by atoms with Crippen LogP contribution in [0.3, 0.4) is 0 Å². The van der Waals surface area contributed by atoms with Gasteiger partial charge >= 0.3 is 0 Å². The summed E-state index contributed by atoms with van der Waals surface area (Å²) in [5.41, 5.74) is 2.39. The Bertz CT molecular complexity index is 504. The molecule has 0 heterocycles. The molecule has 18 heavy (non-hydrogen) atoms. The van der Waals surface area contributed by atoms with Crippen LogP contribution >= 0.6 is 24.2 Å². The van der Waals surface area contributed by atoms with Crippen molar-refractivity contribution in [3.05, 3.63) is 70.7 Å². The van der Waals surface area contributed by atoms with Crippen LogP contribution in [0, 0.1) is 5.92 Å². The molecular weight excluding hydrogens is 260 g/mol. The first-order valence-electron chi connectivity index (χ1n) is 6.09. The molecule has 0 N–H and O–H groups in total. The van der Waals surface area contributed by atoms with E-state index in [1.54, 1.807) is 0 Å². The van der Waals surface area contributed by atoms with Gasteiger partial charge in [-0.05, 0) is 29.2 Å². The van der Waals surface area contributed by atoms with Crippen LogP contribution in [0.5, 0.6) is 0 Å². The summed E-state index contributed by atoms with van der Waals surface area (Å²) in [5.74, 6) is 0.379. The van der Waals surface area contributed by atoms with Crippen molar-refractivity contribution in [1.29, 1.82) is 0 Å². The number of benzene rings is 2. The normalized spacial score (nSPS) is 14.5. The molecule has 0 fully saturated rings. The van der Waals surface area contributed by atoms with Crippen LogP contribution in [0.4, 0.5) is 0 Å². The van der Waals surface area contributed by atoms with Gasteiger partial charge in [0.2, 0.25) is 0 Å². The summed E-state index contributed by atoms with van der Waals surface area (Å²) in [6.45, 7) is 4.38. The second-order valence-corrected chi connectivity index (χ2v) is 5.94. The third kappa shape index (κ3) is 2.43. The molecule has 0 spiro atoms. The molecular formula is C16H17ClS. The molecule has 0 aliphatic rings. The molecule has 1 unspecified atom stereocenters. The minimum absolute atomic E-state index is 0.286. The lowest BCUT2D eigenvalue weighted by Gasteiger charge is -2.34. The first-order valence-corrected chi connectivity index (χ1v) is 6.91. The minimum atomic E-state index is -0.286. The smallest absolute Gasteiger partial charge is 0.0649 e. The van der Waals surface area contributed by atoms with Gasteiger partial charge in [-0.2, -0.15) is 12.6 Å². The van der Waals surface area contributed by atoms with Crippen molar-refractivity contribution < 1.29 is 0 Å². The minimum Gasteiger partial charge on any atom is -0.163 e. The van der Waals surface area contributed by atoms with Crippen LogP contribution in [-0.4, -0.2) is 0 Å². The van der Waals surface area contributed by atoms with E-state index in [4.69, 9.17) is 24.2 Å². The quantitative estimate of drug-likeness (QED) is 0.735. The molecule has 2 rings (SSSR count). The average molecular weight is 277 g/mol. The predicted molar refractivity (Wildman–Crippen MR) is 82.5 cm³/mol. The average Bonchev–Trinajstić information content (AvgIpc) is 2.39. The highest BCUT2D eigenvalue weighted by atomic mass is 35.5. The molecule has 0 saturated carbocycles. The van der Waals surface area contributed by atoms with E-state index >= 15 is 0 Å². The molecule has 94 valence electrons. The van der Waals surface area contributed by atoms with Crippen molar-refractivity contribution >= 4 is 24.2 Å². The zero-order chi connectivity index (χ0) is 13.2. The molecule has 0 saturated heterocycles. The Balaban J connectivity index is 2.54. The molecule has 1 atom stereocenters. The van der Waals surface area contributed by atoms with E-state index in [1.165, 1.54) is 11.1 Å².